The van der Waals surface area contributed by atoms with Gasteiger partial charge in [-0.1, -0.05) is 29.8 Å². The van der Waals surface area contributed by atoms with Crippen molar-refractivity contribution in [3.05, 3.63) is 41.5 Å². The molecule has 5 heteroatoms. The number of hydrazine groups is 1. The second-order valence-corrected chi connectivity index (χ2v) is 4.58. The molecule has 0 spiro atoms. The molecule has 0 atom stereocenters. The van der Waals surface area contributed by atoms with E-state index in [9.17, 15) is 9.59 Å². The van der Waals surface area contributed by atoms with Crippen molar-refractivity contribution >= 4 is 17.6 Å². The number of carbonyl (C=O) groups excluding carboxylic acids is 2. The summed E-state index contributed by atoms with van der Waals surface area (Å²) in [7, 11) is 0. The molecule has 0 bridgehead atoms. The number of hydrogen-bond acceptors (Lipinski definition) is 4. The first-order chi connectivity index (χ1) is 9.60. The molecule has 0 aliphatic carbocycles. The van der Waals surface area contributed by atoms with Crippen molar-refractivity contribution in [1.29, 1.82) is 0 Å². The molecule has 0 saturated heterocycles. The summed E-state index contributed by atoms with van der Waals surface area (Å²) in [4.78, 5) is 23.2. The molecule has 1 aliphatic rings. The van der Waals surface area contributed by atoms with E-state index >= 15 is 0 Å². The number of esters is 1. The van der Waals surface area contributed by atoms with Crippen LogP contribution in [0.4, 0.5) is 0 Å². The number of aryl methyl sites for hydroxylation is 1. The lowest BCUT2D eigenvalue weighted by Crippen LogP contribution is -2.47. The van der Waals surface area contributed by atoms with Crippen molar-refractivity contribution in [2.75, 3.05) is 13.2 Å². The van der Waals surface area contributed by atoms with E-state index in [1.54, 1.807) is 6.92 Å². The largest absolute Gasteiger partial charge is 0.465 e. The van der Waals surface area contributed by atoms with Gasteiger partial charge in [-0.2, -0.15) is 0 Å². The molecule has 1 aromatic rings. The summed E-state index contributed by atoms with van der Waals surface area (Å²) in [5.74, 6) is -0.563. The van der Waals surface area contributed by atoms with Gasteiger partial charge in [0.15, 0.2) is 0 Å². The molecule has 0 radical (unpaired) electrons. The quantitative estimate of drug-likeness (QED) is 0.848. The Morgan fingerprint density at radius 3 is 2.70 bits per heavy atom. The zero-order valence-corrected chi connectivity index (χ0v) is 11.7. The first-order valence-corrected chi connectivity index (χ1v) is 6.60. The predicted molar refractivity (Wildman–Crippen MR) is 75.3 cm³/mol. The number of nitrogens with zero attached hydrogens (tertiary/aromatic N) is 1. The first-order valence-electron chi connectivity index (χ1n) is 6.60. The highest BCUT2D eigenvalue weighted by Gasteiger charge is 2.22. The van der Waals surface area contributed by atoms with Crippen LogP contribution in [0.3, 0.4) is 0 Å². The Labute approximate surface area is 118 Å². The number of hydrogen-bond donors (Lipinski definition) is 1. The van der Waals surface area contributed by atoms with Crippen LogP contribution in [0.1, 0.15) is 24.5 Å². The fraction of sp³-hybridized carbons (Fsp3) is 0.333. The molecule has 2 rings (SSSR count). The average Bonchev–Trinajstić information content (AvgIpc) is 2.42. The highest BCUT2D eigenvalue weighted by atomic mass is 16.5. The van der Waals surface area contributed by atoms with Crippen LogP contribution in [-0.4, -0.2) is 30.0 Å². The van der Waals surface area contributed by atoms with E-state index in [1.165, 1.54) is 10.6 Å². The normalized spacial score (nSPS) is 14.6. The third kappa shape index (κ3) is 3.38. The van der Waals surface area contributed by atoms with Gasteiger partial charge in [0.2, 0.25) is 5.91 Å². The molecule has 20 heavy (non-hydrogen) atoms. The number of ether oxygens (including phenoxy) is 1. The van der Waals surface area contributed by atoms with Gasteiger partial charge in [-0.3, -0.25) is 15.0 Å². The fourth-order valence-electron chi connectivity index (χ4n) is 1.93. The van der Waals surface area contributed by atoms with E-state index in [1.807, 2.05) is 37.3 Å². The molecule has 0 unspecified atom stereocenters. The van der Waals surface area contributed by atoms with Gasteiger partial charge in [0.1, 0.15) is 6.54 Å². The lowest BCUT2D eigenvalue weighted by molar-refractivity contribution is -0.150. The fourth-order valence-corrected chi connectivity index (χ4v) is 1.93. The zero-order chi connectivity index (χ0) is 14.5. The Bertz CT molecular complexity index is 535. The summed E-state index contributed by atoms with van der Waals surface area (Å²) >= 11 is 0. The molecule has 106 valence electrons. The molecule has 1 aromatic carbocycles. The van der Waals surface area contributed by atoms with Crippen molar-refractivity contribution in [1.82, 2.24) is 10.4 Å². The van der Waals surface area contributed by atoms with E-state index in [4.69, 9.17) is 4.74 Å². The van der Waals surface area contributed by atoms with Crippen molar-refractivity contribution in [2.24, 2.45) is 0 Å². The lowest BCUT2D eigenvalue weighted by atomic mass is 10.1. The molecular weight excluding hydrogens is 256 g/mol. The van der Waals surface area contributed by atoms with Gasteiger partial charge in [-0.15, -0.1) is 0 Å². The summed E-state index contributed by atoms with van der Waals surface area (Å²) < 4.78 is 4.86. The van der Waals surface area contributed by atoms with Crippen molar-refractivity contribution in [3.8, 4) is 0 Å². The maximum atomic E-state index is 11.8. The molecule has 1 heterocycles. The third-order valence-corrected chi connectivity index (χ3v) is 2.99. The van der Waals surface area contributed by atoms with E-state index in [2.05, 4.69) is 5.43 Å². The van der Waals surface area contributed by atoms with Crippen molar-refractivity contribution in [3.63, 3.8) is 0 Å². The molecule has 1 amide bonds. The van der Waals surface area contributed by atoms with Crippen LogP contribution in [-0.2, 0) is 14.3 Å². The highest BCUT2D eigenvalue weighted by molar-refractivity contribution is 5.87. The second-order valence-electron chi connectivity index (χ2n) is 4.58. The van der Waals surface area contributed by atoms with E-state index in [0.29, 0.717) is 6.61 Å². The SMILES string of the molecule is CCOC(=O)CN1NC(c2ccc(C)cc2)=CCC1=O. The molecule has 0 saturated carbocycles. The highest BCUT2D eigenvalue weighted by Crippen LogP contribution is 2.17. The lowest BCUT2D eigenvalue weighted by Gasteiger charge is -2.28. The Morgan fingerprint density at radius 2 is 2.05 bits per heavy atom. The summed E-state index contributed by atoms with van der Waals surface area (Å²) in [6.45, 7) is 3.97. The first kappa shape index (κ1) is 14.1. The van der Waals surface area contributed by atoms with Gasteiger partial charge in [0.05, 0.1) is 12.3 Å². The van der Waals surface area contributed by atoms with Crippen LogP contribution in [0.15, 0.2) is 30.3 Å². The van der Waals surface area contributed by atoms with Crippen LogP contribution in [0, 0.1) is 6.92 Å². The van der Waals surface area contributed by atoms with E-state index < -0.39 is 5.97 Å². The van der Waals surface area contributed by atoms with Crippen LogP contribution < -0.4 is 5.43 Å². The average molecular weight is 274 g/mol. The minimum atomic E-state index is -0.418. The zero-order valence-electron chi connectivity index (χ0n) is 11.7. The standard InChI is InChI=1S/C15H18N2O3/c1-3-20-15(19)10-17-14(18)9-8-13(16-17)12-6-4-11(2)5-7-12/h4-8,16H,3,9-10H2,1-2H3. The minimum Gasteiger partial charge on any atom is -0.465 e. The van der Waals surface area contributed by atoms with Gasteiger partial charge in [-0.05, 0) is 25.5 Å². The number of nitrogens with one attached hydrogen (secondary N) is 1. The smallest absolute Gasteiger partial charge is 0.327 e. The molecule has 0 fully saturated rings. The minimum absolute atomic E-state index is 0.0874. The monoisotopic (exact) mass is 274 g/mol. The van der Waals surface area contributed by atoms with Gasteiger partial charge < -0.3 is 4.74 Å². The van der Waals surface area contributed by atoms with Crippen molar-refractivity contribution in [2.45, 2.75) is 20.3 Å². The predicted octanol–water partition coefficient (Wildman–Crippen LogP) is 1.64. The number of amides is 1. The molecule has 1 N–H and O–H groups in total. The molecule has 0 aromatic heterocycles. The molecule has 1 aliphatic heterocycles. The summed E-state index contributed by atoms with van der Waals surface area (Å²) in [6, 6.07) is 7.97. The van der Waals surface area contributed by atoms with Crippen LogP contribution in [0.5, 0.6) is 0 Å². The van der Waals surface area contributed by atoms with E-state index in [0.717, 1.165) is 11.3 Å². The van der Waals surface area contributed by atoms with Gasteiger partial charge in [-0.25, -0.2) is 5.01 Å². The maximum absolute atomic E-state index is 11.8. The summed E-state index contributed by atoms with van der Waals surface area (Å²) in [6.07, 6.45) is 2.10. The topological polar surface area (TPSA) is 58.6 Å². The van der Waals surface area contributed by atoms with Gasteiger partial charge in [0.25, 0.3) is 0 Å². The van der Waals surface area contributed by atoms with Crippen LogP contribution in [0.2, 0.25) is 0 Å². The van der Waals surface area contributed by atoms with E-state index in [-0.39, 0.29) is 18.9 Å². The van der Waals surface area contributed by atoms with Gasteiger partial charge >= 0.3 is 5.97 Å². The third-order valence-electron chi connectivity index (χ3n) is 2.99. The summed E-state index contributed by atoms with van der Waals surface area (Å²) in [5, 5.41) is 1.30. The number of benzene rings is 1. The second kappa shape index (κ2) is 6.23. The van der Waals surface area contributed by atoms with Crippen molar-refractivity contribution < 1.29 is 14.3 Å². The Morgan fingerprint density at radius 1 is 1.35 bits per heavy atom. The molecule has 5 nitrogen and oxygen atoms in total. The van der Waals surface area contributed by atoms with Crippen LogP contribution in [0.25, 0.3) is 5.70 Å². The summed E-state index contributed by atoms with van der Waals surface area (Å²) in [5.41, 5.74) is 5.95. The number of rotatable bonds is 4. The molecular formula is C15H18N2O3. The Balaban J connectivity index is 2.08. The Hall–Kier alpha value is -2.30. The Kier molecular flexibility index (Phi) is 4.40. The van der Waals surface area contributed by atoms with Crippen LogP contribution >= 0.6 is 0 Å². The number of carbonyl (C=O) groups is 2. The maximum Gasteiger partial charge on any atom is 0.327 e. The van der Waals surface area contributed by atoms with Gasteiger partial charge in [0, 0.05) is 6.42 Å².